The van der Waals surface area contributed by atoms with Gasteiger partial charge < -0.3 is 10.1 Å². The summed E-state index contributed by atoms with van der Waals surface area (Å²) in [4.78, 5) is 21.7. The molecule has 2 aliphatic rings. The van der Waals surface area contributed by atoms with Crippen LogP contribution < -0.4 is 5.32 Å². The van der Waals surface area contributed by atoms with Crippen molar-refractivity contribution < 1.29 is 9.53 Å². The van der Waals surface area contributed by atoms with Gasteiger partial charge in [0.1, 0.15) is 6.33 Å². The van der Waals surface area contributed by atoms with Gasteiger partial charge in [-0.2, -0.15) is 0 Å². The van der Waals surface area contributed by atoms with Gasteiger partial charge >= 0.3 is 0 Å². The first-order chi connectivity index (χ1) is 13.1. The van der Waals surface area contributed by atoms with Crippen molar-refractivity contribution in [2.24, 2.45) is 11.8 Å². The smallest absolute Gasteiger partial charge is 0.274 e. The highest BCUT2D eigenvalue weighted by atomic mass is 16.5. The molecule has 0 spiro atoms. The van der Waals surface area contributed by atoms with Crippen LogP contribution in [0.1, 0.15) is 67.3 Å². The molecule has 0 aliphatic heterocycles. The van der Waals surface area contributed by atoms with Crippen LogP contribution in [0.2, 0.25) is 0 Å². The van der Waals surface area contributed by atoms with Gasteiger partial charge in [-0.25, -0.2) is 9.97 Å². The zero-order valence-electron chi connectivity index (χ0n) is 16.6. The summed E-state index contributed by atoms with van der Waals surface area (Å²) in [5.41, 5.74) is 3.00. The van der Waals surface area contributed by atoms with E-state index in [2.05, 4.69) is 22.2 Å². The largest absolute Gasteiger partial charge is 0.378 e. The molecule has 0 aromatic carbocycles. The van der Waals surface area contributed by atoms with Crippen molar-refractivity contribution in [3.63, 3.8) is 0 Å². The summed E-state index contributed by atoms with van der Waals surface area (Å²) < 4.78 is 8.06. The summed E-state index contributed by atoms with van der Waals surface area (Å²) in [6, 6.07) is 2.21. The number of hydrogen-bond acceptors (Lipinski definition) is 4. The summed E-state index contributed by atoms with van der Waals surface area (Å²) in [6.45, 7) is 7.01. The lowest BCUT2D eigenvalue weighted by molar-refractivity contribution is -0.0263. The Morgan fingerprint density at radius 3 is 2.74 bits per heavy atom. The van der Waals surface area contributed by atoms with Crippen molar-refractivity contribution in [3.8, 4) is 0 Å². The third kappa shape index (κ3) is 3.59. The van der Waals surface area contributed by atoms with E-state index in [1.165, 1.54) is 19.3 Å². The normalized spacial score (nSPS) is 27.2. The van der Waals surface area contributed by atoms with Gasteiger partial charge in [0.15, 0.2) is 11.3 Å². The van der Waals surface area contributed by atoms with Crippen LogP contribution in [0.25, 0.3) is 5.65 Å². The summed E-state index contributed by atoms with van der Waals surface area (Å²) in [5.74, 6) is 1.05. The average molecular weight is 370 g/mol. The van der Waals surface area contributed by atoms with Gasteiger partial charge in [0.25, 0.3) is 5.91 Å². The molecule has 4 atom stereocenters. The topological polar surface area (TPSA) is 68.5 Å². The molecule has 2 fully saturated rings. The molecule has 1 N–H and O–H groups in total. The summed E-state index contributed by atoms with van der Waals surface area (Å²) in [5, 5.41) is 3.23. The first-order valence-corrected chi connectivity index (χ1v) is 10.3. The Kier molecular flexibility index (Phi) is 5.17. The summed E-state index contributed by atoms with van der Waals surface area (Å²) >= 11 is 0. The van der Waals surface area contributed by atoms with Crippen LogP contribution in [-0.4, -0.2) is 39.0 Å². The average Bonchev–Trinajstić information content (AvgIpc) is 3.14. The van der Waals surface area contributed by atoms with Gasteiger partial charge in [0.05, 0.1) is 6.10 Å². The lowest BCUT2D eigenvalue weighted by Gasteiger charge is -2.35. The Labute approximate surface area is 160 Å². The van der Waals surface area contributed by atoms with E-state index in [4.69, 9.17) is 4.74 Å². The lowest BCUT2D eigenvalue weighted by atomic mass is 9.82. The minimum absolute atomic E-state index is 0.107. The van der Waals surface area contributed by atoms with Crippen molar-refractivity contribution in [1.82, 2.24) is 19.7 Å². The lowest BCUT2D eigenvalue weighted by Crippen LogP contribution is -2.44. The van der Waals surface area contributed by atoms with E-state index in [-0.39, 0.29) is 11.9 Å². The van der Waals surface area contributed by atoms with E-state index >= 15 is 0 Å². The number of unbranched alkanes of at least 4 members (excludes halogenated alkanes) is 1. The van der Waals surface area contributed by atoms with Crippen LogP contribution >= 0.6 is 0 Å². The van der Waals surface area contributed by atoms with Crippen molar-refractivity contribution >= 4 is 11.6 Å². The highest BCUT2D eigenvalue weighted by molar-refractivity contribution is 5.98. The van der Waals surface area contributed by atoms with E-state index < -0.39 is 0 Å². The Morgan fingerprint density at radius 2 is 2.04 bits per heavy atom. The number of imidazole rings is 1. The fourth-order valence-corrected chi connectivity index (χ4v) is 4.92. The molecular formula is C21H30N4O2. The van der Waals surface area contributed by atoms with E-state index in [0.29, 0.717) is 29.3 Å². The van der Waals surface area contributed by atoms with Gasteiger partial charge in [-0.3, -0.25) is 9.20 Å². The quantitative estimate of drug-likeness (QED) is 0.791. The second-order valence-corrected chi connectivity index (χ2v) is 8.25. The van der Waals surface area contributed by atoms with E-state index in [1.807, 2.05) is 24.3 Å². The first kappa shape index (κ1) is 18.4. The Hall–Kier alpha value is -1.95. The molecular weight excluding hydrogens is 340 g/mol. The molecule has 1 amide bonds. The van der Waals surface area contributed by atoms with Crippen LogP contribution in [0.3, 0.4) is 0 Å². The molecule has 2 saturated carbocycles. The number of ether oxygens (including phenoxy) is 1. The zero-order chi connectivity index (χ0) is 19.0. The molecule has 146 valence electrons. The third-order valence-corrected chi connectivity index (χ3v) is 6.19. The second-order valence-electron chi connectivity index (χ2n) is 8.25. The molecule has 2 aromatic rings. The number of hydrogen-bond donors (Lipinski definition) is 1. The van der Waals surface area contributed by atoms with Crippen molar-refractivity contribution in [3.05, 3.63) is 29.5 Å². The minimum atomic E-state index is -0.107. The number of amides is 1. The van der Waals surface area contributed by atoms with E-state index in [0.717, 1.165) is 37.3 Å². The highest BCUT2D eigenvalue weighted by Crippen LogP contribution is 2.44. The fourth-order valence-electron chi connectivity index (χ4n) is 4.92. The third-order valence-electron chi connectivity index (χ3n) is 6.19. The molecule has 0 radical (unpaired) electrons. The second kappa shape index (κ2) is 7.58. The van der Waals surface area contributed by atoms with Crippen LogP contribution in [0, 0.1) is 25.7 Å². The minimum Gasteiger partial charge on any atom is -0.378 e. The number of rotatable bonds is 6. The predicted octanol–water partition coefficient (Wildman–Crippen LogP) is 3.45. The molecule has 27 heavy (non-hydrogen) atoms. The number of nitrogens with zero attached hydrogens (tertiary/aromatic N) is 3. The molecule has 6 heteroatoms. The first-order valence-electron chi connectivity index (χ1n) is 10.3. The maximum Gasteiger partial charge on any atom is 0.274 e. The number of nitrogens with one attached hydrogen (secondary N) is 1. The zero-order valence-corrected chi connectivity index (χ0v) is 16.6. The molecule has 2 heterocycles. The van der Waals surface area contributed by atoms with Crippen molar-refractivity contribution in [2.75, 3.05) is 6.61 Å². The van der Waals surface area contributed by atoms with Crippen molar-refractivity contribution in [2.45, 2.75) is 71.4 Å². The van der Waals surface area contributed by atoms with Gasteiger partial charge in [0, 0.05) is 24.0 Å². The van der Waals surface area contributed by atoms with Crippen molar-refractivity contribution in [1.29, 1.82) is 0 Å². The van der Waals surface area contributed by atoms with Gasteiger partial charge in [-0.1, -0.05) is 13.3 Å². The van der Waals surface area contributed by atoms with Gasteiger partial charge in [-0.15, -0.1) is 0 Å². The van der Waals surface area contributed by atoms with Crippen LogP contribution in [0.5, 0.6) is 0 Å². The molecule has 2 bridgehead atoms. The maximum absolute atomic E-state index is 12.9. The molecule has 2 aliphatic carbocycles. The Balaban J connectivity index is 1.43. The van der Waals surface area contributed by atoms with Gasteiger partial charge in [0.2, 0.25) is 0 Å². The monoisotopic (exact) mass is 370 g/mol. The molecule has 0 saturated heterocycles. The van der Waals surface area contributed by atoms with E-state index in [9.17, 15) is 4.79 Å². The summed E-state index contributed by atoms with van der Waals surface area (Å²) in [6.07, 6.45) is 8.86. The number of aromatic nitrogens is 3. The highest BCUT2D eigenvalue weighted by Gasteiger charge is 2.43. The number of aryl methyl sites for hydroxylation is 2. The molecule has 2 aromatic heterocycles. The Morgan fingerprint density at radius 1 is 1.30 bits per heavy atom. The number of fused-ring (bicyclic) bond motifs is 3. The predicted molar refractivity (Wildman–Crippen MR) is 104 cm³/mol. The maximum atomic E-state index is 12.9. The van der Waals surface area contributed by atoms with E-state index in [1.54, 1.807) is 6.33 Å². The van der Waals surface area contributed by atoms with Gasteiger partial charge in [-0.05, 0) is 63.9 Å². The van der Waals surface area contributed by atoms with Crippen LogP contribution in [-0.2, 0) is 4.74 Å². The fraction of sp³-hybridized carbons (Fsp3) is 0.667. The van der Waals surface area contributed by atoms with Crippen LogP contribution in [0.4, 0.5) is 0 Å². The molecule has 0 unspecified atom stereocenters. The number of carbonyl (C=O) groups excluding carboxylic acids is 1. The summed E-state index contributed by atoms with van der Waals surface area (Å²) in [7, 11) is 0. The Bertz CT molecular complexity index is 817. The molecule has 4 rings (SSSR count). The van der Waals surface area contributed by atoms with Crippen LogP contribution in [0.15, 0.2) is 12.4 Å². The SMILES string of the molecule is CCCCO[C@H]1[C@@H]2CC[C@H]1C[C@@H](NC(=O)c1ncn3c(C)cc(C)nc13)C2. The number of carbonyl (C=O) groups is 1. The molecule has 6 nitrogen and oxygen atoms in total. The standard InChI is InChI=1S/C21H30N4O2/c1-4-5-8-27-19-15-6-7-16(19)11-17(10-15)24-21(26)18-20-23-13(2)9-14(3)25(20)12-22-18/h9,12,15-17,19H,4-8,10-11H2,1-3H3,(H,24,26)/t15-,16+,17+,19+.